The molecule has 0 radical (unpaired) electrons. The lowest BCUT2D eigenvalue weighted by molar-refractivity contribution is -0.111. The topological polar surface area (TPSA) is 71.1 Å². The molecule has 8 heteroatoms. The first-order valence-electron chi connectivity index (χ1n) is 6.64. The Balaban J connectivity index is 4.36. The first kappa shape index (κ1) is 20.1. The summed E-state index contributed by atoms with van der Waals surface area (Å²) in [7, 11) is -1.01. The van der Waals surface area contributed by atoms with Crippen molar-refractivity contribution in [1.82, 2.24) is 0 Å². The summed E-state index contributed by atoms with van der Waals surface area (Å²) in [5, 5.41) is -0.148. The van der Waals surface area contributed by atoms with Crippen molar-refractivity contribution in [1.29, 1.82) is 0 Å². The van der Waals surface area contributed by atoms with E-state index in [9.17, 15) is 9.36 Å². The normalized spacial score (nSPS) is 13.4. The molecule has 0 aromatic heterocycles. The number of ether oxygens (including phenoxy) is 1. The molecule has 0 unspecified atom stereocenters. The smallest absolute Gasteiger partial charge is 0.380 e. The largest absolute Gasteiger partial charge is 0.474 e. The zero-order valence-electron chi connectivity index (χ0n) is 12.6. The molecule has 0 fully saturated rings. The lowest BCUT2D eigenvalue weighted by Crippen LogP contribution is -2.21. The molecular formula is C12H25O6PS. The third-order valence-corrected chi connectivity index (χ3v) is 4.70. The van der Waals surface area contributed by atoms with E-state index in [0.29, 0.717) is 19.6 Å². The highest BCUT2D eigenvalue weighted by Crippen LogP contribution is 2.47. The maximum atomic E-state index is 11.8. The highest BCUT2D eigenvalue weighted by atomic mass is 32.2. The molecule has 0 saturated carbocycles. The number of carbonyl (C=O) groups excluding carboxylic acids is 1. The number of carbonyl (C=O) groups is 1. The second-order valence-electron chi connectivity index (χ2n) is 4.04. The Morgan fingerprint density at radius 2 is 1.80 bits per heavy atom. The summed E-state index contributed by atoms with van der Waals surface area (Å²) in [5.41, 5.74) is 0. The van der Waals surface area contributed by atoms with E-state index in [4.69, 9.17) is 18.3 Å². The van der Waals surface area contributed by atoms with Gasteiger partial charge in [-0.05, 0) is 12.8 Å². The molecule has 0 aliphatic heterocycles. The van der Waals surface area contributed by atoms with Crippen LogP contribution < -0.4 is 0 Å². The fraction of sp³-hybridized carbons (Fsp3) is 0.917. The molecule has 0 aliphatic rings. The van der Waals surface area contributed by atoms with Crippen molar-refractivity contribution in [2.75, 3.05) is 34.0 Å². The average Bonchev–Trinajstić information content (AvgIpc) is 2.44. The van der Waals surface area contributed by atoms with Crippen LogP contribution in [-0.2, 0) is 27.7 Å². The lowest BCUT2D eigenvalue weighted by atomic mass is 10.4. The van der Waals surface area contributed by atoms with Crippen molar-refractivity contribution in [2.45, 2.75) is 38.4 Å². The summed E-state index contributed by atoms with van der Waals surface area (Å²) in [6.07, 6.45) is 2.20. The standard InChI is InChI=1S/C12H25O6PS/c1-5-7-12(13)20-11(9-17-8-6-2)10-18-19(14,15-3)16-4/h11H,5-10H2,1-4H3/t11-/m1/s1. The summed E-state index contributed by atoms with van der Waals surface area (Å²) < 4.78 is 31.8. The highest BCUT2D eigenvalue weighted by molar-refractivity contribution is 8.14. The van der Waals surface area contributed by atoms with E-state index < -0.39 is 7.82 Å². The van der Waals surface area contributed by atoms with Crippen molar-refractivity contribution in [3.05, 3.63) is 0 Å². The number of phosphoric acid groups is 1. The van der Waals surface area contributed by atoms with Crippen molar-refractivity contribution in [3.8, 4) is 0 Å². The first-order valence-corrected chi connectivity index (χ1v) is 8.98. The Kier molecular flexibility index (Phi) is 11.8. The molecule has 0 bridgehead atoms. The van der Waals surface area contributed by atoms with Gasteiger partial charge in [0.1, 0.15) is 0 Å². The Bertz CT molecular complexity index is 304. The van der Waals surface area contributed by atoms with Gasteiger partial charge in [-0.15, -0.1) is 0 Å². The van der Waals surface area contributed by atoms with Crippen molar-refractivity contribution in [3.63, 3.8) is 0 Å². The molecule has 1 atom stereocenters. The number of thioether (sulfide) groups is 1. The molecule has 120 valence electrons. The van der Waals surface area contributed by atoms with Crippen LogP contribution in [0.4, 0.5) is 0 Å². The third kappa shape index (κ3) is 9.10. The Labute approximate surface area is 125 Å². The molecule has 0 aromatic carbocycles. The van der Waals surface area contributed by atoms with Crippen LogP contribution in [0.2, 0.25) is 0 Å². The van der Waals surface area contributed by atoms with Crippen LogP contribution in [0.5, 0.6) is 0 Å². The third-order valence-electron chi connectivity index (χ3n) is 2.27. The van der Waals surface area contributed by atoms with Crippen LogP contribution in [-0.4, -0.2) is 44.4 Å². The molecule has 20 heavy (non-hydrogen) atoms. The van der Waals surface area contributed by atoms with Gasteiger partial charge >= 0.3 is 7.82 Å². The van der Waals surface area contributed by atoms with E-state index in [2.05, 4.69) is 0 Å². The van der Waals surface area contributed by atoms with Gasteiger partial charge in [-0.25, -0.2) is 4.57 Å². The predicted octanol–water partition coefficient (Wildman–Crippen LogP) is 3.26. The van der Waals surface area contributed by atoms with Gasteiger partial charge in [0.05, 0.1) is 18.5 Å². The number of rotatable bonds is 12. The van der Waals surface area contributed by atoms with Gasteiger partial charge in [0, 0.05) is 27.2 Å². The van der Waals surface area contributed by atoms with Crippen LogP contribution >= 0.6 is 19.6 Å². The summed E-state index contributed by atoms with van der Waals surface area (Å²) in [4.78, 5) is 11.7. The Hall–Kier alpha value is 0.0900. The van der Waals surface area contributed by atoms with Gasteiger partial charge < -0.3 is 4.74 Å². The average molecular weight is 328 g/mol. The fourth-order valence-corrected chi connectivity index (χ4v) is 3.10. The van der Waals surface area contributed by atoms with E-state index in [1.165, 1.54) is 14.2 Å². The molecule has 0 amide bonds. The summed E-state index contributed by atoms with van der Waals surface area (Å²) >= 11 is 1.16. The van der Waals surface area contributed by atoms with Crippen molar-refractivity contribution < 1.29 is 27.7 Å². The zero-order valence-corrected chi connectivity index (χ0v) is 14.3. The van der Waals surface area contributed by atoms with E-state index in [0.717, 1.165) is 24.6 Å². The number of hydrogen-bond donors (Lipinski definition) is 0. The fourth-order valence-electron chi connectivity index (χ4n) is 1.28. The van der Waals surface area contributed by atoms with E-state index >= 15 is 0 Å². The first-order chi connectivity index (χ1) is 9.51. The summed E-state index contributed by atoms with van der Waals surface area (Å²) in [6, 6.07) is 0. The van der Waals surface area contributed by atoms with Gasteiger partial charge in [0.25, 0.3) is 0 Å². The molecule has 0 spiro atoms. The molecule has 0 N–H and O–H groups in total. The van der Waals surface area contributed by atoms with Crippen molar-refractivity contribution >= 4 is 24.7 Å². The number of hydrogen-bond acceptors (Lipinski definition) is 7. The monoisotopic (exact) mass is 328 g/mol. The molecule has 6 nitrogen and oxygen atoms in total. The molecular weight excluding hydrogens is 303 g/mol. The van der Waals surface area contributed by atoms with Crippen LogP contribution in [0.25, 0.3) is 0 Å². The second kappa shape index (κ2) is 11.7. The lowest BCUT2D eigenvalue weighted by Gasteiger charge is -2.19. The maximum Gasteiger partial charge on any atom is 0.474 e. The van der Waals surface area contributed by atoms with Gasteiger partial charge in [-0.2, -0.15) is 0 Å². The number of phosphoric ester groups is 1. The van der Waals surface area contributed by atoms with Crippen LogP contribution in [0.1, 0.15) is 33.1 Å². The van der Waals surface area contributed by atoms with E-state index in [1.54, 1.807) is 0 Å². The van der Waals surface area contributed by atoms with Gasteiger partial charge in [0.2, 0.25) is 0 Å². The van der Waals surface area contributed by atoms with Crippen LogP contribution in [0.15, 0.2) is 0 Å². The second-order valence-corrected chi connectivity index (χ2v) is 7.29. The Morgan fingerprint density at radius 1 is 1.15 bits per heavy atom. The molecule has 0 heterocycles. The van der Waals surface area contributed by atoms with E-state index in [1.807, 2.05) is 13.8 Å². The molecule has 0 aromatic rings. The zero-order chi connectivity index (χ0) is 15.4. The minimum Gasteiger partial charge on any atom is -0.380 e. The highest BCUT2D eigenvalue weighted by Gasteiger charge is 2.26. The Morgan fingerprint density at radius 3 is 2.30 bits per heavy atom. The van der Waals surface area contributed by atoms with Gasteiger partial charge in [0.15, 0.2) is 5.12 Å². The maximum absolute atomic E-state index is 11.8. The quantitative estimate of drug-likeness (QED) is 0.402. The van der Waals surface area contributed by atoms with Crippen LogP contribution in [0, 0.1) is 0 Å². The van der Waals surface area contributed by atoms with Crippen molar-refractivity contribution in [2.24, 2.45) is 0 Å². The molecule has 0 saturated heterocycles. The predicted molar refractivity (Wildman–Crippen MR) is 80.0 cm³/mol. The molecule has 0 aliphatic carbocycles. The SMILES string of the molecule is CCCOC[C@H](COP(=O)(OC)OC)SC(=O)CCC. The van der Waals surface area contributed by atoms with Gasteiger partial charge in [-0.1, -0.05) is 25.6 Å². The minimum absolute atomic E-state index is 0.0722. The van der Waals surface area contributed by atoms with Crippen LogP contribution in [0.3, 0.4) is 0 Å². The molecule has 0 rings (SSSR count). The van der Waals surface area contributed by atoms with E-state index in [-0.39, 0.29) is 17.0 Å². The van der Waals surface area contributed by atoms with Gasteiger partial charge in [-0.3, -0.25) is 18.4 Å². The summed E-state index contributed by atoms with van der Waals surface area (Å²) in [6.45, 7) is 5.00. The summed E-state index contributed by atoms with van der Waals surface area (Å²) in [5.74, 6) is 0. The minimum atomic E-state index is -3.51.